The van der Waals surface area contributed by atoms with Crippen LogP contribution in [0.5, 0.6) is 0 Å². The van der Waals surface area contributed by atoms with Crippen molar-refractivity contribution in [2.24, 2.45) is 5.73 Å². The van der Waals surface area contributed by atoms with E-state index < -0.39 is 24.6 Å². The van der Waals surface area contributed by atoms with E-state index in [2.05, 4.69) is 0 Å². The van der Waals surface area contributed by atoms with E-state index in [0.717, 1.165) is 12.2 Å². The van der Waals surface area contributed by atoms with Crippen molar-refractivity contribution >= 4 is 5.97 Å². The van der Waals surface area contributed by atoms with Gasteiger partial charge in [0.05, 0.1) is 6.42 Å². The smallest absolute Gasteiger partial charge is 0.403 e. The lowest BCUT2D eigenvalue weighted by Crippen LogP contribution is -2.36. The van der Waals surface area contributed by atoms with E-state index in [9.17, 15) is 18.0 Å². The molecule has 3 N–H and O–H groups in total. The zero-order chi connectivity index (χ0) is 10.5. The molecule has 0 aromatic heterocycles. The highest BCUT2D eigenvalue weighted by atomic mass is 19.4. The van der Waals surface area contributed by atoms with Crippen molar-refractivity contribution in [3.8, 4) is 0 Å². The summed E-state index contributed by atoms with van der Waals surface area (Å²) in [6.45, 7) is 0. The summed E-state index contributed by atoms with van der Waals surface area (Å²) in [7, 11) is 0. The van der Waals surface area contributed by atoms with Gasteiger partial charge in [0.25, 0.3) is 0 Å². The van der Waals surface area contributed by atoms with Gasteiger partial charge < -0.3 is 10.8 Å². The Morgan fingerprint density at radius 2 is 2.00 bits per heavy atom. The molecule has 0 aliphatic carbocycles. The molecule has 13 heavy (non-hydrogen) atoms. The molecule has 0 aromatic rings. The summed E-state index contributed by atoms with van der Waals surface area (Å²) in [5, 5.41) is 8.13. The minimum absolute atomic E-state index is 0.287. The first-order valence-electron chi connectivity index (χ1n) is 3.53. The van der Waals surface area contributed by atoms with Crippen molar-refractivity contribution in [2.75, 3.05) is 0 Å². The topological polar surface area (TPSA) is 63.3 Å². The minimum atomic E-state index is -4.42. The Labute approximate surface area is 73.0 Å². The van der Waals surface area contributed by atoms with Gasteiger partial charge in [-0.15, -0.1) is 0 Å². The third kappa shape index (κ3) is 6.15. The number of hydrogen-bond donors (Lipinski definition) is 2. The second-order valence-electron chi connectivity index (χ2n) is 2.45. The number of carboxylic acid groups (broad SMARTS) is 1. The van der Waals surface area contributed by atoms with Crippen LogP contribution < -0.4 is 5.73 Å². The Morgan fingerprint density at radius 1 is 1.46 bits per heavy atom. The van der Waals surface area contributed by atoms with E-state index >= 15 is 0 Å². The number of carboxylic acids is 1. The lowest BCUT2D eigenvalue weighted by Gasteiger charge is -2.12. The van der Waals surface area contributed by atoms with E-state index in [4.69, 9.17) is 10.8 Å². The van der Waals surface area contributed by atoms with Crippen LogP contribution in [-0.4, -0.2) is 23.3 Å². The number of aliphatic carboxylic acids is 1. The normalized spacial score (nSPS) is 14.8. The Morgan fingerprint density at radius 3 is 2.38 bits per heavy atom. The first-order chi connectivity index (χ1) is 5.84. The number of nitrogens with two attached hydrogens (primary N) is 1. The summed E-state index contributed by atoms with van der Waals surface area (Å²) in [4.78, 5) is 9.94. The van der Waals surface area contributed by atoms with E-state index in [-0.39, 0.29) is 6.42 Å². The summed E-state index contributed by atoms with van der Waals surface area (Å²) in [5.41, 5.74) is 4.74. The molecule has 0 amide bonds. The standard InChI is InChI=1S/C7H10F3NO2/c8-7(9,10)5(11)3-1-2-4-6(12)13/h1-2,5H,3-4,11H2,(H,12,13)/b2-1+. The third-order valence-corrected chi connectivity index (χ3v) is 1.27. The van der Waals surface area contributed by atoms with Crippen LogP contribution in [0.1, 0.15) is 12.8 Å². The maximum atomic E-state index is 11.8. The van der Waals surface area contributed by atoms with Gasteiger partial charge >= 0.3 is 12.1 Å². The molecule has 0 aliphatic rings. The minimum Gasteiger partial charge on any atom is -0.481 e. The van der Waals surface area contributed by atoms with Crippen LogP contribution in [0, 0.1) is 0 Å². The maximum absolute atomic E-state index is 11.8. The van der Waals surface area contributed by atoms with Gasteiger partial charge in [-0.2, -0.15) is 13.2 Å². The van der Waals surface area contributed by atoms with Gasteiger partial charge in [-0.3, -0.25) is 4.79 Å². The van der Waals surface area contributed by atoms with E-state index in [1.165, 1.54) is 0 Å². The average molecular weight is 197 g/mol. The average Bonchev–Trinajstić information content (AvgIpc) is 1.95. The zero-order valence-electron chi connectivity index (χ0n) is 6.71. The van der Waals surface area contributed by atoms with Crippen LogP contribution in [0.2, 0.25) is 0 Å². The van der Waals surface area contributed by atoms with Crippen molar-refractivity contribution in [3.63, 3.8) is 0 Å². The SMILES string of the molecule is NC(C/C=C/CC(=O)O)C(F)(F)F. The Kier molecular flexibility index (Phi) is 4.47. The highest BCUT2D eigenvalue weighted by molar-refractivity contribution is 5.68. The van der Waals surface area contributed by atoms with Gasteiger partial charge in [0.15, 0.2) is 0 Å². The molecule has 3 nitrogen and oxygen atoms in total. The van der Waals surface area contributed by atoms with Crippen LogP contribution in [0.3, 0.4) is 0 Å². The van der Waals surface area contributed by atoms with Gasteiger partial charge in [-0.25, -0.2) is 0 Å². The molecule has 0 rings (SSSR count). The van der Waals surface area contributed by atoms with Gasteiger partial charge in [-0.1, -0.05) is 12.2 Å². The van der Waals surface area contributed by atoms with Crippen LogP contribution in [-0.2, 0) is 4.79 Å². The van der Waals surface area contributed by atoms with Gasteiger partial charge in [0.1, 0.15) is 6.04 Å². The zero-order valence-corrected chi connectivity index (χ0v) is 6.71. The summed E-state index contributed by atoms with van der Waals surface area (Å²) in [6.07, 6.45) is -2.84. The van der Waals surface area contributed by atoms with Crippen LogP contribution in [0.4, 0.5) is 13.2 Å². The summed E-state index contributed by atoms with van der Waals surface area (Å²) < 4.78 is 35.3. The molecular weight excluding hydrogens is 187 g/mol. The fourth-order valence-electron chi connectivity index (χ4n) is 0.561. The largest absolute Gasteiger partial charge is 0.481 e. The Hall–Kier alpha value is -1.04. The second kappa shape index (κ2) is 4.86. The molecule has 0 radical (unpaired) electrons. The Bertz CT molecular complexity index is 200. The molecule has 0 fully saturated rings. The molecule has 0 aromatic carbocycles. The number of alkyl halides is 3. The highest BCUT2D eigenvalue weighted by Crippen LogP contribution is 2.20. The summed E-state index contributed by atoms with van der Waals surface area (Å²) >= 11 is 0. The highest BCUT2D eigenvalue weighted by Gasteiger charge is 2.35. The molecule has 0 saturated carbocycles. The van der Waals surface area contributed by atoms with Crippen molar-refractivity contribution in [1.82, 2.24) is 0 Å². The molecular formula is C7H10F3NO2. The molecule has 1 atom stereocenters. The first kappa shape index (κ1) is 12.0. The predicted octanol–water partition coefficient (Wildman–Crippen LogP) is 1.30. The molecule has 1 unspecified atom stereocenters. The number of rotatable bonds is 4. The summed E-state index contributed by atoms with van der Waals surface area (Å²) in [5.74, 6) is -1.09. The van der Waals surface area contributed by atoms with Crippen LogP contribution in [0.15, 0.2) is 12.2 Å². The fourth-order valence-corrected chi connectivity index (χ4v) is 0.561. The molecule has 0 bridgehead atoms. The maximum Gasteiger partial charge on any atom is 0.403 e. The lowest BCUT2D eigenvalue weighted by molar-refractivity contribution is -0.146. The molecule has 0 heterocycles. The van der Waals surface area contributed by atoms with Crippen molar-refractivity contribution in [3.05, 3.63) is 12.2 Å². The van der Waals surface area contributed by atoms with E-state index in [1.807, 2.05) is 0 Å². The van der Waals surface area contributed by atoms with Crippen molar-refractivity contribution < 1.29 is 23.1 Å². The van der Waals surface area contributed by atoms with Gasteiger partial charge in [-0.05, 0) is 6.42 Å². The third-order valence-electron chi connectivity index (χ3n) is 1.27. The van der Waals surface area contributed by atoms with Crippen molar-refractivity contribution in [2.45, 2.75) is 25.1 Å². The van der Waals surface area contributed by atoms with Crippen LogP contribution in [0.25, 0.3) is 0 Å². The molecule has 6 heteroatoms. The van der Waals surface area contributed by atoms with Gasteiger partial charge in [0, 0.05) is 0 Å². The van der Waals surface area contributed by atoms with E-state index in [0.29, 0.717) is 0 Å². The van der Waals surface area contributed by atoms with Crippen LogP contribution >= 0.6 is 0 Å². The predicted molar refractivity (Wildman–Crippen MR) is 40.0 cm³/mol. The first-order valence-corrected chi connectivity index (χ1v) is 3.53. The van der Waals surface area contributed by atoms with Gasteiger partial charge in [0.2, 0.25) is 0 Å². The monoisotopic (exact) mass is 197 g/mol. The van der Waals surface area contributed by atoms with E-state index in [1.54, 1.807) is 0 Å². The second-order valence-corrected chi connectivity index (χ2v) is 2.45. The lowest BCUT2D eigenvalue weighted by atomic mass is 10.2. The summed E-state index contributed by atoms with van der Waals surface area (Å²) in [6, 6.07) is -1.92. The number of carbonyl (C=O) groups is 1. The quantitative estimate of drug-likeness (QED) is 0.667. The fraction of sp³-hybridized carbons (Fsp3) is 0.571. The molecule has 0 saturated heterocycles. The number of hydrogen-bond acceptors (Lipinski definition) is 2. The number of halogens is 3. The molecule has 0 spiro atoms. The molecule has 0 aliphatic heterocycles. The molecule has 76 valence electrons. The Balaban J connectivity index is 3.76. The van der Waals surface area contributed by atoms with Crippen molar-refractivity contribution in [1.29, 1.82) is 0 Å².